The van der Waals surface area contributed by atoms with Gasteiger partial charge in [-0.1, -0.05) is 38.0 Å². The highest BCUT2D eigenvalue weighted by Gasteiger charge is 2.34. The molecular weight excluding hydrogens is 252 g/mol. The molecular formula is C16H22N2O2. The van der Waals surface area contributed by atoms with Crippen molar-refractivity contribution in [2.24, 2.45) is 5.92 Å². The molecule has 0 aliphatic carbocycles. The second-order valence-corrected chi connectivity index (χ2v) is 5.24. The monoisotopic (exact) mass is 274 g/mol. The lowest BCUT2D eigenvalue weighted by Gasteiger charge is -2.16. The lowest BCUT2D eigenvalue weighted by Crippen LogP contribution is -2.33. The summed E-state index contributed by atoms with van der Waals surface area (Å²) in [6.07, 6.45) is 3.58. The number of rotatable bonds is 6. The average Bonchev–Trinajstić information content (AvgIpc) is 2.86. The molecule has 2 rings (SSSR count). The van der Waals surface area contributed by atoms with Gasteiger partial charge < -0.3 is 10.2 Å². The minimum atomic E-state index is -0.218. The molecule has 4 nitrogen and oxygen atoms in total. The molecule has 0 saturated carbocycles. The van der Waals surface area contributed by atoms with Gasteiger partial charge in [-0.15, -0.1) is 0 Å². The number of unbranched alkanes of at least 4 members (excludes halogenated alkanes) is 2. The van der Waals surface area contributed by atoms with Crippen LogP contribution in [0.2, 0.25) is 0 Å². The van der Waals surface area contributed by atoms with E-state index in [1.165, 1.54) is 0 Å². The Morgan fingerprint density at radius 3 is 2.75 bits per heavy atom. The van der Waals surface area contributed by atoms with Gasteiger partial charge in [0, 0.05) is 25.2 Å². The summed E-state index contributed by atoms with van der Waals surface area (Å²) in [5.41, 5.74) is 0.874. The van der Waals surface area contributed by atoms with E-state index < -0.39 is 0 Å². The van der Waals surface area contributed by atoms with E-state index in [9.17, 15) is 9.59 Å². The summed E-state index contributed by atoms with van der Waals surface area (Å²) in [5.74, 6) is -0.179. The minimum Gasteiger partial charge on any atom is -0.356 e. The Balaban J connectivity index is 1.87. The maximum atomic E-state index is 12.0. The largest absolute Gasteiger partial charge is 0.356 e. The van der Waals surface area contributed by atoms with Gasteiger partial charge in [0.1, 0.15) is 0 Å². The molecule has 20 heavy (non-hydrogen) atoms. The van der Waals surface area contributed by atoms with Gasteiger partial charge in [-0.25, -0.2) is 0 Å². The Kier molecular flexibility index (Phi) is 5.16. The van der Waals surface area contributed by atoms with Gasteiger partial charge in [0.05, 0.1) is 5.92 Å². The van der Waals surface area contributed by atoms with Crippen LogP contribution in [0.4, 0.5) is 5.69 Å². The van der Waals surface area contributed by atoms with Gasteiger partial charge in [0.2, 0.25) is 11.8 Å². The number of benzene rings is 1. The molecule has 4 heteroatoms. The van der Waals surface area contributed by atoms with Gasteiger partial charge in [-0.3, -0.25) is 9.59 Å². The average molecular weight is 274 g/mol. The van der Waals surface area contributed by atoms with Crippen LogP contribution < -0.4 is 10.2 Å². The third-order valence-electron chi connectivity index (χ3n) is 3.64. The summed E-state index contributed by atoms with van der Waals surface area (Å²) in [5, 5.41) is 2.93. The van der Waals surface area contributed by atoms with E-state index in [0.29, 0.717) is 19.5 Å². The Morgan fingerprint density at radius 1 is 1.30 bits per heavy atom. The molecule has 0 unspecified atom stereocenters. The first-order valence-electron chi connectivity index (χ1n) is 7.35. The highest BCUT2D eigenvalue weighted by atomic mass is 16.2. The van der Waals surface area contributed by atoms with E-state index in [0.717, 1.165) is 24.9 Å². The maximum Gasteiger partial charge on any atom is 0.227 e. The van der Waals surface area contributed by atoms with Crippen LogP contribution in [0.5, 0.6) is 0 Å². The van der Waals surface area contributed by atoms with E-state index in [2.05, 4.69) is 12.2 Å². The fraction of sp³-hybridized carbons (Fsp3) is 0.500. The highest BCUT2D eigenvalue weighted by Crippen LogP contribution is 2.24. The summed E-state index contributed by atoms with van der Waals surface area (Å²) in [7, 11) is 0. The van der Waals surface area contributed by atoms with Crippen LogP contribution in [0.1, 0.15) is 32.6 Å². The van der Waals surface area contributed by atoms with Crippen LogP contribution >= 0.6 is 0 Å². The van der Waals surface area contributed by atoms with Crippen LogP contribution in [-0.4, -0.2) is 24.9 Å². The van der Waals surface area contributed by atoms with E-state index in [1.54, 1.807) is 4.90 Å². The summed E-state index contributed by atoms with van der Waals surface area (Å²) in [6, 6.07) is 9.53. The van der Waals surface area contributed by atoms with Crippen molar-refractivity contribution >= 4 is 17.5 Å². The Labute approximate surface area is 120 Å². The van der Waals surface area contributed by atoms with Crippen molar-refractivity contribution in [3.05, 3.63) is 30.3 Å². The van der Waals surface area contributed by atoms with Crippen LogP contribution in [0, 0.1) is 5.92 Å². The Bertz CT molecular complexity index is 459. The summed E-state index contributed by atoms with van der Waals surface area (Å²) in [6.45, 7) is 3.33. The van der Waals surface area contributed by atoms with Crippen molar-refractivity contribution in [3.63, 3.8) is 0 Å². The predicted octanol–water partition coefficient (Wildman–Crippen LogP) is 2.35. The number of nitrogens with zero attached hydrogens (tertiary/aromatic N) is 1. The van der Waals surface area contributed by atoms with Crippen molar-refractivity contribution in [2.45, 2.75) is 32.6 Å². The first-order chi connectivity index (χ1) is 9.72. The van der Waals surface area contributed by atoms with Crippen LogP contribution in [0.25, 0.3) is 0 Å². The van der Waals surface area contributed by atoms with Crippen LogP contribution in [-0.2, 0) is 9.59 Å². The fourth-order valence-electron chi connectivity index (χ4n) is 2.47. The smallest absolute Gasteiger partial charge is 0.227 e. The second kappa shape index (κ2) is 7.08. The summed E-state index contributed by atoms with van der Waals surface area (Å²) in [4.78, 5) is 25.8. The zero-order chi connectivity index (χ0) is 14.4. The number of hydrogen-bond acceptors (Lipinski definition) is 2. The van der Waals surface area contributed by atoms with Gasteiger partial charge in [-0.05, 0) is 18.6 Å². The van der Waals surface area contributed by atoms with Crippen molar-refractivity contribution < 1.29 is 9.59 Å². The molecule has 1 atom stereocenters. The molecule has 1 heterocycles. The number of para-hydroxylation sites is 1. The Hall–Kier alpha value is -1.84. The molecule has 0 bridgehead atoms. The second-order valence-electron chi connectivity index (χ2n) is 5.24. The van der Waals surface area contributed by atoms with Crippen molar-refractivity contribution in [1.29, 1.82) is 0 Å². The van der Waals surface area contributed by atoms with Crippen molar-refractivity contribution in [3.8, 4) is 0 Å². The van der Waals surface area contributed by atoms with E-state index >= 15 is 0 Å². The van der Waals surface area contributed by atoms with Gasteiger partial charge >= 0.3 is 0 Å². The third-order valence-corrected chi connectivity index (χ3v) is 3.64. The van der Waals surface area contributed by atoms with Gasteiger partial charge in [0.15, 0.2) is 0 Å². The molecule has 1 saturated heterocycles. The first-order valence-corrected chi connectivity index (χ1v) is 7.35. The highest BCUT2D eigenvalue weighted by molar-refractivity contribution is 6.00. The van der Waals surface area contributed by atoms with E-state index in [4.69, 9.17) is 0 Å². The predicted molar refractivity (Wildman–Crippen MR) is 79.4 cm³/mol. The zero-order valence-corrected chi connectivity index (χ0v) is 12.0. The quantitative estimate of drug-likeness (QED) is 0.809. The number of carbonyl (C=O) groups is 2. The zero-order valence-electron chi connectivity index (χ0n) is 12.0. The van der Waals surface area contributed by atoms with Crippen LogP contribution in [0.15, 0.2) is 30.3 Å². The molecule has 0 radical (unpaired) electrons. The minimum absolute atomic E-state index is 0.00730. The van der Waals surface area contributed by atoms with Crippen LogP contribution in [0.3, 0.4) is 0 Å². The number of amides is 2. The lowest BCUT2D eigenvalue weighted by atomic mass is 10.1. The molecule has 0 aromatic heterocycles. The molecule has 1 fully saturated rings. The summed E-state index contributed by atoms with van der Waals surface area (Å²) >= 11 is 0. The van der Waals surface area contributed by atoms with E-state index in [1.807, 2.05) is 30.3 Å². The molecule has 2 amide bonds. The standard InChI is InChI=1S/C16H22N2O2/c1-2-3-7-10-17-16(20)13-11-15(19)18(12-13)14-8-5-4-6-9-14/h4-6,8-9,13H,2-3,7,10-12H2,1H3,(H,17,20)/t13-/m0/s1. The molecule has 0 spiro atoms. The van der Waals surface area contributed by atoms with Crippen molar-refractivity contribution in [2.75, 3.05) is 18.0 Å². The maximum absolute atomic E-state index is 12.0. The number of hydrogen-bond donors (Lipinski definition) is 1. The fourth-order valence-corrected chi connectivity index (χ4v) is 2.47. The first kappa shape index (κ1) is 14.6. The molecule has 1 N–H and O–H groups in total. The molecule has 1 aromatic rings. The molecule has 1 aliphatic heterocycles. The Morgan fingerprint density at radius 2 is 2.05 bits per heavy atom. The third kappa shape index (κ3) is 3.59. The number of anilines is 1. The topological polar surface area (TPSA) is 49.4 Å². The SMILES string of the molecule is CCCCCNC(=O)[C@H]1CC(=O)N(c2ccccc2)C1. The summed E-state index contributed by atoms with van der Waals surface area (Å²) < 4.78 is 0. The number of nitrogens with one attached hydrogen (secondary N) is 1. The van der Waals surface area contributed by atoms with Gasteiger partial charge in [-0.2, -0.15) is 0 Å². The molecule has 108 valence electrons. The van der Waals surface area contributed by atoms with Gasteiger partial charge in [0.25, 0.3) is 0 Å². The van der Waals surface area contributed by atoms with E-state index in [-0.39, 0.29) is 17.7 Å². The lowest BCUT2D eigenvalue weighted by molar-refractivity contribution is -0.126. The molecule has 1 aliphatic rings. The molecule has 1 aromatic carbocycles. The van der Waals surface area contributed by atoms with Crippen molar-refractivity contribution in [1.82, 2.24) is 5.32 Å². The number of carbonyl (C=O) groups excluding carboxylic acids is 2. The normalized spacial score (nSPS) is 18.4.